The molecule has 0 radical (unpaired) electrons. The van der Waals surface area contributed by atoms with Crippen LogP contribution in [0.1, 0.15) is 16.8 Å². The third-order valence-corrected chi connectivity index (χ3v) is 3.86. The number of hydrogen-bond acceptors (Lipinski definition) is 3. The largest absolute Gasteiger partial charge is 0.493 e. The Morgan fingerprint density at radius 2 is 1.83 bits per heavy atom. The minimum atomic E-state index is -0.962. The zero-order valence-corrected chi connectivity index (χ0v) is 12.5. The van der Waals surface area contributed by atoms with Gasteiger partial charge in [-0.3, -0.25) is 4.79 Å². The van der Waals surface area contributed by atoms with Crippen LogP contribution in [-0.2, 0) is 4.79 Å². The molecule has 3 rings (SSSR count). The number of ether oxygens (including phenoxy) is 1. The summed E-state index contributed by atoms with van der Waals surface area (Å²) < 4.78 is 5.69. The van der Waals surface area contributed by atoms with Crippen LogP contribution in [0.5, 0.6) is 5.75 Å². The van der Waals surface area contributed by atoms with Gasteiger partial charge >= 0.3 is 5.97 Å². The predicted molar refractivity (Wildman–Crippen MR) is 85.8 cm³/mol. The molecule has 1 aliphatic heterocycles. The number of anilines is 1. The maximum absolute atomic E-state index is 12.1. The molecule has 1 saturated heterocycles. The molecular formula is C18H17NO4. The van der Waals surface area contributed by atoms with Gasteiger partial charge in [-0.1, -0.05) is 18.2 Å². The van der Waals surface area contributed by atoms with Gasteiger partial charge in [0.25, 0.3) is 0 Å². The van der Waals surface area contributed by atoms with Crippen LogP contribution in [0.4, 0.5) is 5.69 Å². The van der Waals surface area contributed by atoms with Gasteiger partial charge in [-0.05, 0) is 36.4 Å². The first-order valence-corrected chi connectivity index (χ1v) is 7.45. The van der Waals surface area contributed by atoms with Gasteiger partial charge in [0.1, 0.15) is 5.75 Å². The lowest BCUT2D eigenvalue weighted by Crippen LogP contribution is -2.25. The van der Waals surface area contributed by atoms with Gasteiger partial charge in [0, 0.05) is 24.6 Å². The van der Waals surface area contributed by atoms with Crippen LogP contribution in [-0.4, -0.2) is 30.1 Å². The predicted octanol–water partition coefficient (Wildman–Crippen LogP) is 2.82. The zero-order valence-electron chi connectivity index (χ0n) is 12.5. The minimum absolute atomic E-state index is 0.103. The summed E-state index contributed by atoms with van der Waals surface area (Å²) in [6.07, 6.45) is 0.460. The van der Waals surface area contributed by atoms with Gasteiger partial charge in [-0.2, -0.15) is 0 Å². The smallest absolute Gasteiger partial charge is 0.335 e. The Bertz CT molecular complexity index is 697. The molecule has 1 atom stereocenters. The number of carbonyl (C=O) groups excluding carboxylic acids is 1. The van der Waals surface area contributed by atoms with E-state index in [1.165, 1.54) is 12.1 Å². The average molecular weight is 311 g/mol. The fourth-order valence-electron chi connectivity index (χ4n) is 2.66. The minimum Gasteiger partial charge on any atom is -0.493 e. The number of rotatable bonds is 5. The van der Waals surface area contributed by atoms with Gasteiger partial charge in [0.15, 0.2) is 0 Å². The van der Waals surface area contributed by atoms with Crippen molar-refractivity contribution >= 4 is 17.6 Å². The molecule has 2 aromatic carbocycles. The number of carboxylic acid groups (broad SMARTS) is 1. The van der Waals surface area contributed by atoms with Crippen LogP contribution in [0.15, 0.2) is 54.6 Å². The summed E-state index contributed by atoms with van der Waals surface area (Å²) >= 11 is 0. The Morgan fingerprint density at radius 1 is 1.13 bits per heavy atom. The summed E-state index contributed by atoms with van der Waals surface area (Å²) in [5, 5.41) is 8.86. The van der Waals surface area contributed by atoms with Crippen molar-refractivity contribution in [2.24, 2.45) is 5.92 Å². The lowest BCUT2D eigenvalue weighted by molar-refractivity contribution is -0.117. The molecule has 0 aliphatic carbocycles. The fourth-order valence-corrected chi connectivity index (χ4v) is 2.66. The molecule has 5 nitrogen and oxygen atoms in total. The van der Waals surface area contributed by atoms with Gasteiger partial charge in [0.2, 0.25) is 5.91 Å². The number of carboxylic acids is 1. The van der Waals surface area contributed by atoms with Crippen molar-refractivity contribution in [2.75, 3.05) is 18.1 Å². The summed E-state index contributed by atoms with van der Waals surface area (Å²) in [6, 6.07) is 15.9. The van der Waals surface area contributed by atoms with Crippen molar-refractivity contribution in [1.29, 1.82) is 0 Å². The highest BCUT2D eigenvalue weighted by Crippen LogP contribution is 2.25. The number of nitrogens with zero attached hydrogens (tertiary/aromatic N) is 1. The van der Waals surface area contributed by atoms with E-state index in [1.807, 2.05) is 30.3 Å². The molecule has 5 heteroatoms. The maximum Gasteiger partial charge on any atom is 0.335 e. The molecule has 23 heavy (non-hydrogen) atoms. The van der Waals surface area contributed by atoms with Crippen LogP contribution in [0.3, 0.4) is 0 Å². The Kier molecular flexibility index (Phi) is 4.28. The van der Waals surface area contributed by atoms with Crippen LogP contribution >= 0.6 is 0 Å². The molecule has 0 spiro atoms. The summed E-state index contributed by atoms with van der Waals surface area (Å²) in [4.78, 5) is 24.7. The van der Waals surface area contributed by atoms with Crippen molar-refractivity contribution in [2.45, 2.75) is 6.42 Å². The first kappa shape index (κ1) is 15.1. The van der Waals surface area contributed by atoms with E-state index in [4.69, 9.17) is 9.84 Å². The van der Waals surface area contributed by atoms with Gasteiger partial charge < -0.3 is 14.7 Å². The maximum atomic E-state index is 12.1. The Morgan fingerprint density at radius 3 is 2.48 bits per heavy atom. The van der Waals surface area contributed by atoms with Crippen molar-refractivity contribution in [3.63, 3.8) is 0 Å². The van der Waals surface area contributed by atoms with Gasteiger partial charge in [-0.25, -0.2) is 4.79 Å². The van der Waals surface area contributed by atoms with E-state index in [1.54, 1.807) is 17.0 Å². The zero-order chi connectivity index (χ0) is 16.2. The number of benzene rings is 2. The van der Waals surface area contributed by atoms with Crippen LogP contribution in [0, 0.1) is 5.92 Å². The monoisotopic (exact) mass is 311 g/mol. The van der Waals surface area contributed by atoms with E-state index >= 15 is 0 Å². The van der Waals surface area contributed by atoms with E-state index in [-0.39, 0.29) is 17.4 Å². The molecule has 1 N–H and O–H groups in total. The first-order chi connectivity index (χ1) is 11.1. The highest BCUT2D eigenvalue weighted by atomic mass is 16.5. The standard InChI is InChI=1S/C18H17NO4/c20-17-10-13(11-19(17)15-4-2-1-3-5-15)12-23-16-8-6-14(7-9-16)18(21)22/h1-9,13H,10-12H2,(H,21,22). The Labute approximate surface area is 134 Å². The normalized spacial score (nSPS) is 17.3. The molecule has 0 aromatic heterocycles. The van der Waals surface area contributed by atoms with E-state index in [9.17, 15) is 9.59 Å². The summed E-state index contributed by atoms with van der Waals surface area (Å²) in [6.45, 7) is 1.07. The topological polar surface area (TPSA) is 66.8 Å². The van der Waals surface area contributed by atoms with Gasteiger partial charge in [-0.15, -0.1) is 0 Å². The second-order valence-corrected chi connectivity index (χ2v) is 5.55. The van der Waals surface area contributed by atoms with E-state index in [0.717, 1.165) is 5.69 Å². The third-order valence-electron chi connectivity index (χ3n) is 3.86. The number of hydrogen-bond donors (Lipinski definition) is 1. The molecule has 118 valence electrons. The molecule has 1 aliphatic rings. The third kappa shape index (κ3) is 3.51. The molecule has 1 unspecified atom stereocenters. The van der Waals surface area contributed by atoms with Crippen LogP contribution in [0.2, 0.25) is 0 Å². The number of para-hydroxylation sites is 1. The van der Waals surface area contributed by atoms with Crippen molar-refractivity contribution in [1.82, 2.24) is 0 Å². The Balaban J connectivity index is 1.57. The number of amides is 1. The van der Waals surface area contributed by atoms with Crippen LogP contribution in [0.25, 0.3) is 0 Å². The molecule has 0 saturated carbocycles. The highest BCUT2D eigenvalue weighted by molar-refractivity contribution is 5.95. The molecule has 1 heterocycles. The molecule has 0 bridgehead atoms. The van der Waals surface area contributed by atoms with E-state index < -0.39 is 5.97 Å². The first-order valence-electron chi connectivity index (χ1n) is 7.45. The van der Waals surface area contributed by atoms with E-state index in [0.29, 0.717) is 25.3 Å². The summed E-state index contributed by atoms with van der Waals surface area (Å²) in [5.74, 6) is -0.120. The lowest BCUT2D eigenvalue weighted by atomic mass is 10.1. The van der Waals surface area contributed by atoms with Crippen LogP contribution < -0.4 is 9.64 Å². The fraction of sp³-hybridized carbons (Fsp3) is 0.222. The average Bonchev–Trinajstić information content (AvgIpc) is 2.95. The SMILES string of the molecule is O=C(O)c1ccc(OCC2CC(=O)N(c3ccccc3)C2)cc1. The molecule has 1 amide bonds. The molecule has 2 aromatic rings. The van der Waals surface area contributed by atoms with Crippen molar-refractivity contribution in [3.8, 4) is 5.75 Å². The van der Waals surface area contributed by atoms with Crippen molar-refractivity contribution < 1.29 is 19.4 Å². The van der Waals surface area contributed by atoms with Crippen molar-refractivity contribution in [3.05, 3.63) is 60.2 Å². The highest BCUT2D eigenvalue weighted by Gasteiger charge is 2.30. The summed E-state index contributed by atoms with van der Waals surface area (Å²) in [5.41, 5.74) is 1.13. The quantitative estimate of drug-likeness (QED) is 0.922. The second-order valence-electron chi connectivity index (χ2n) is 5.55. The number of carbonyl (C=O) groups is 2. The lowest BCUT2D eigenvalue weighted by Gasteiger charge is -2.17. The Hall–Kier alpha value is -2.82. The number of aromatic carboxylic acids is 1. The van der Waals surface area contributed by atoms with E-state index in [2.05, 4.69) is 0 Å². The summed E-state index contributed by atoms with van der Waals surface area (Å²) in [7, 11) is 0. The molecular weight excluding hydrogens is 294 g/mol. The molecule has 1 fully saturated rings. The second kappa shape index (κ2) is 6.52. The van der Waals surface area contributed by atoms with Gasteiger partial charge in [0.05, 0.1) is 12.2 Å².